The summed E-state index contributed by atoms with van der Waals surface area (Å²) in [6.45, 7) is 7.91. The van der Waals surface area contributed by atoms with Crippen molar-refractivity contribution in [3.63, 3.8) is 0 Å². The third kappa shape index (κ3) is 4.15. The summed E-state index contributed by atoms with van der Waals surface area (Å²) in [6.07, 6.45) is 0.913. The average Bonchev–Trinajstić information content (AvgIpc) is 2.95. The first-order chi connectivity index (χ1) is 11.5. The molecule has 0 amide bonds. The van der Waals surface area contributed by atoms with Crippen molar-refractivity contribution in [2.24, 2.45) is 5.92 Å². The molecule has 2 rings (SSSR count). The SMILES string of the molecule is CCOC(=O)c1cc(C)ccc1C(C(=O)OCC)C1CCN(C)C1. The van der Waals surface area contributed by atoms with E-state index in [0.29, 0.717) is 18.8 Å². The van der Waals surface area contributed by atoms with E-state index in [4.69, 9.17) is 9.47 Å². The molecule has 24 heavy (non-hydrogen) atoms. The summed E-state index contributed by atoms with van der Waals surface area (Å²) in [5.41, 5.74) is 2.16. The molecule has 1 aromatic rings. The molecule has 1 heterocycles. The molecule has 2 atom stereocenters. The highest BCUT2D eigenvalue weighted by Crippen LogP contribution is 2.35. The van der Waals surface area contributed by atoms with Crippen LogP contribution in [0.2, 0.25) is 0 Å². The Balaban J connectivity index is 2.45. The second-order valence-electron chi connectivity index (χ2n) is 6.35. The lowest BCUT2D eigenvalue weighted by atomic mass is 9.82. The van der Waals surface area contributed by atoms with E-state index < -0.39 is 5.92 Å². The summed E-state index contributed by atoms with van der Waals surface area (Å²) in [4.78, 5) is 27.3. The molecule has 1 saturated heterocycles. The molecular weight excluding hydrogens is 306 g/mol. The lowest BCUT2D eigenvalue weighted by Crippen LogP contribution is -2.28. The van der Waals surface area contributed by atoms with Crippen LogP contribution in [-0.2, 0) is 14.3 Å². The number of hydrogen-bond acceptors (Lipinski definition) is 5. The van der Waals surface area contributed by atoms with Crippen LogP contribution >= 0.6 is 0 Å². The van der Waals surface area contributed by atoms with Gasteiger partial charge in [-0.15, -0.1) is 0 Å². The maximum Gasteiger partial charge on any atom is 0.338 e. The molecule has 0 saturated carbocycles. The minimum atomic E-state index is -0.435. The molecule has 132 valence electrons. The van der Waals surface area contributed by atoms with E-state index in [9.17, 15) is 9.59 Å². The first-order valence-corrected chi connectivity index (χ1v) is 8.60. The standard InChI is InChI=1S/C19H27NO4/c1-5-23-18(21)16-11-13(3)7-8-15(16)17(19(22)24-6-2)14-9-10-20(4)12-14/h7-8,11,14,17H,5-6,9-10,12H2,1-4H3. The number of rotatable bonds is 6. The minimum absolute atomic E-state index is 0.143. The largest absolute Gasteiger partial charge is 0.466 e. The molecule has 0 aliphatic carbocycles. The van der Waals surface area contributed by atoms with Crippen LogP contribution in [0.4, 0.5) is 0 Å². The van der Waals surface area contributed by atoms with E-state index in [-0.39, 0.29) is 17.9 Å². The number of aryl methyl sites for hydroxylation is 1. The second kappa shape index (κ2) is 8.29. The Morgan fingerprint density at radius 3 is 2.54 bits per heavy atom. The highest BCUT2D eigenvalue weighted by atomic mass is 16.5. The van der Waals surface area contributed by atoms with Gasteiger partial charge < -0.3 is 14.4 Å². The van der Waals surface area contributed by atoms with Crippen LogP contribution in [0.15, 0.2) is 18.2 Å². The maximum absolute atomic E-state index is 12.7. The van der Waals surface area contributed by atoms with Crippen molar-refractivity contribution < 1.29 is 19.1 Å². The van der Waals surface area contributed by atoms with Crippen LogP contribution in [-0.4, -0.2) is 50.2 Å². The molecule has 0 spiro atoms. The van der Waals surface area contributed by atoms with Crippen LogP contribution in [0, 0.1) is 12.8 Å². The quantitative estimate of drug-likeness (QED) is 0.749. The van der Waals surface area contributed by atoms with Crippen LogP contribution in [0.3, 0.4) is 0 Å². The summed E-state index contributed by atoms with van der Waals surface area (Å²) < 4.78 is 10.5. The third-order valence-electron chi connectivity index (χ3n) is 4.48. The Morgan fingerprint density at radius 2 is 1.96 bits per heavy atom. The number of ether oxygens (including phenoxy) is 2. The van der Waals surface area contributed by atoms with Gasteiger partial charge in [-0.25, -0.2) is 4.79 Å². The summed E-state index contributed by atoms with van der Waals surface area (Å²) in [5, 5.41) is 0. The van der Waals surface area contributed by atoms with Gasteiger partial charge in [0.25, 0.3) is 0 Å². The third-order valence-corrected chi connectivity index (χ3v) is 4.48. The topological polar surface area (TPSA) is 55.8 Å². The summed E-state index contributed by atoms with van der Waals surface area (Å²) >= 11 is 0. The lowest BCUT2D eigenvalue weighted by molar-refractivity contribution is -0.146. The summed E-state index contributed by atoms with van der Waals surface area (Å²) in [5.74, 6) is -0.927. The van der Waals surface area contributed by atoms with Gasteiger partial charge in [0.05, 0.1) is 24.7 Å². The van der Waals surface area contributed by atoms with E-state index in [1.165, 1.54) is 0 Å². The van der Waals surface area contributed by atoms with Crippen LogP contribution in [0.5, 0.6) is 0 Å². The number of hydrogen-bond donors (Lipinski definition) is 0. The normalized spacial score (nSPS) is 19.1. The zero-order chi connectivity index (χ0) is 17.7. The van der Waals surface area contributed by atoms with Crippen molar-refractivity contribution in [2.45, 2.75) is 33.1 Å². The Bertz CT molecular complexity index is 599. The average molecular weight is 333 g/mol. The van der Waals surface area contributed by atoms with Gasteiger partial charge in [-0.05, 0) is 58.3 Å². The Kier molecular flexibility index (Phi) is 6.37. The molecule has 0 bridgehead atoms. The van der Waals surface area contributed by atoms with Gasteiger partial charge >= 0.3 is 11.9 Å². The number of carbonyl (C=O) groups excluding carboxylic acids is 2. The van der Waals surface area contributed by atoms with Gasteiger partial charge in [-0.1, -0.05) is 17.7 Å². The van der Waals surface area contributed by atoms with Crippen molar-refractivity contribution >= 4 is 11.9 Å². The van der Waals surface area contributed by atoms with Gasteiger partial charge in [0.15, 0.2) is 0 Å². The molecule has 5 heteroatoms. The molecule has 0 aromatic heterocycles. The van der Waals surface area contributed by atoms with Crippen molar-refractivity contribution in [1.82, 2.24) is 4.90 Å². The number of esters is 2. The molecule has 1 aliphatic heterocycles. The predicted octanol–water partition coefficient (Wildman–Crippen LogP) is 2.77. The number of likely N-dealkylation sites (tertiary alicyclic amines) is 1. The molecule has 0 N–H and O–H groups in total. The molecule has 1 aliphatic rings. The monoisotopic (exact) mass is 333 g/mol. The van der Waals surface area contributed by atoms with Gasteiger partial charge in [0.2, 0.25) is 0 Å². The van der Waals surface area contributed by atoms with Gasteiger partial charge in [-0.3, -0.25) is 4.79 Å². The first-order valence-electron chi connectivity index (χ1n) is 8.60. The zero-order valence-corrected chi connectivity index (χ0v) is 15.0. The van der Waals surface area contributed by atoms with Gasteiger partial charge in [0.1, 0.15) is 0 Å². The predicted molar refractivity (Wildman–Crippen MR) is 92.1 cm³/mol. The smallest absolute Gasteiger partial charge is 0.338 e. The number of carbonyl (C=O) groups is 2. The Hall–Kier alpha value is -1.88. The van der Waals surface area contributed by atoms with E-state index in [1.807, 2.05) is 26.1 Å². The number of benzene rings is 1. The Morgan fingerprint density at radius 1 is 1.25 bits per heavy atom. The van der Waals surface area contributed by atoms with E-state index in [1.54, 1.807) is 19.9 Å². The van der Waals surface area contributed by atoms with E-state index >= 15 is 0 Å². The molecule has 2 unspecified atom stereocenters. The summed E-state index contributed by atoms with van der Waals surface area (Å²) in [6, 6.07) is 5.61. The highest BCUT2D eigenvalue weighted by molar-refractivity contribution is 5.94. The highest BCUT2D eigenvalue weighted by Gasteiger charge is 2.37. The van der Waals surface area contributed by atoms with Crippen LogP contribution in [0.1, 0.15) is 47.7 Å². The van der Waals surface area contributed by atoms with Gasteiger partial charge in [-0.2, -0.15) is 0 Å². The fourth-order valence-electron chi connectivity index (χ4n) is 3.37. The summed E-state index contributed by atoms with van der Waals surface area (Å²) in [7, 11) is 2.05. The van der Waals surface area contributed by atoms with Crippen LogP contribution < -0.4 is 0 Å². The zero-order valence-electron chi connectivity index (χ0n) is 15.0. The second-order valence-corrected chi connectivity index (χ2v) is 6.35. The molecule has 5 nitrogen and oxygen atoms in total. The maximum atomic E-state index is 12.7. The lowest BCUT2D eigenvalue weighted by Gasteiger charge is -2.24. The molecular formula is C19H27NO4. The molecule has 0 radical (unpaired) electrons. The van der Waals surface area contributed by atoms with Crippen molar-refractivity contribution in [3.8, 4) is 0 Å². The van der Waals surface area contributed by atoms with Crippen molar-refractivity contribution in [1.29, 1.82) is 0 Å². The first kappa shape index (κ1) is 18.5. The number of nitrogens with zero attached hydrogens (tertiary/aromatic N) is 1. The van der Waals surface area contributed by atoms with Crippen molar-refractivity contribution in [3.05, 3.63) is 34.9 Å². The van der Waals surface area contributed by atoms with E-state index in [2.05, 4.69) is 4.90 Å². The van der Waals surface area contributed by atoms with Crippen molar-refractivity contribution in [2.75, 3.05) is 33.4 Å². The van der Waals surface area contributed by atoms with Crippen LogP contribution in [0.25, 0.3) is 0 Å². The molecule has 1 fully saturated rings. The molecule has 1 aromatic carbocycles. The minimum Gasteiger partial charge on any atom is -0.466 e. The van der Waals surface area contributed by atoms with Gasteiger partial charge in [0, 0.05) is 6.54 Å². The fraction of sp³-hybridized carbons (Fsp3) is 0.579. The Labute approximate surface area is 143 Å². The fourth-order valence-corrected chi connectivity index (χ4v) is 3.37. The van der Waals surface area contributed by atoms with E-state index in [0.717, 1.165) is 30.6 Å².